The standard InChI is InChI=1S/C17H17BrNO6PS/c18-13-1-6-17-16(9-13)12(11-26(21,22)23)10-19(17)14-2-4-15(5-3-14)27(24,25)8-7-20/h1-6,9-10,20H,7-8,11H2,(H2,21,22,23). The Morgan fingerprint density at radius 3 is 2.33 bits per heavy atom. The SMILES string of the molecule is O=P(O)(O)Cc1cn(-c2ccc(S(=O)(=O)CCO)cc2)c2ccc(Br)cc12. The fraction of sp³-hybridized carbons (Fsp3) is 0.176. The van der Waals surface area contributed by atoms with Gasteiger partial charge in [-0.05, 0) is 48.0 Å². The Morgan fingerprint density at radius 2 is 1.74 bits per heavy atom. The van der Waals surface area contributed by atoms with Crippen molar-refractivity contribution in [1.29, 1.82) is 0 Å². The molecule has 3 aromatic rings. The molecule has 0 saturated carbocycles. The van der Waals surface area contributed by atoms with Crippen molar-refractivity contribution in [1.82, 2.24) is 4.57 Å². The van der Waals surface area contributed by atoms with Gasteiger partial charge in [0, 0.05) is 21.7 Å². The molecule has 0 aliphatic rings. The molecule has 2 aromatic carbocycles. The van der Waals surface area contributed by atoms with Gasteiger partial charge in [0.1, 0.15) is 0 Å². The first-order chi connectivity index (χ1) is 12.6. The largest absolute Gasteiger partial charge is 0.395 e. The number of hydrogen-bond donors (Lipinski definition) is 3. The molecule has 0 radical (unpaired) electrons. The van der Waals surface area contributed by atoms with E-state index < -0.39 is 30.2 Å². The number of halogens is 1. The van der Waals surface area contributed by atoms with Crippen LogP contribution in [-0.2, 0) is 20.6 Å². The van der Waals surface area contributed by atoms with Gasteiger partial charge in [0.2, 0.25) is 0 Å². The Labute approximate surface area is 164 Å². The van der Waals surface area contributed by atoms with Gasteiger partial charge in [0.05, 0.1) is 28.9 Å². The summed E-state index contributed by atoms with van der Waals surface area (Å²) in [6, 6.07) is 11.6. The number of fused-ring (bicyclic) bond motifs is 1. The maximum atomic E-state index is 12.0. The summed E-state index contributed by atoms with van der Waals surface area (Å²) in [7, 11) is -7.80. The molecule has 0 aliphatic carbocycles. The Hall–Kier alpha value is -1.48. The number of aliphatic hydroxyl groups excluding tert-OH is 1. The first kappa shape index (κ1) is 20.3. The van der Waals surface area contributed by atoms with Crippen molar-refractivity contribution < 1.29 is 27.9 Å². The van der Waals surface area contributed by atoms with E-state index in [-0.39, 0.29) is 10.6 Å². The molecule has 0 unspecified atom stereocenters. The fourth-order valence-corrected chi connectivity index (χ4v) is 4.97. The van der Waals surface area contributed by atoms with Crippen molar-refractivity contribution in [3.05, 3.63) is 58.7 Å². The molecule has 0 spiro atoms. The molecule has 0 aliphatic heterocycles. The van der Waals surface area contributed by atoms with Crippen LogP contribution in [0.1, 0.15) is 5.56 Å². The minimum absolute atomic E-state index is 0.106. The fourth-order valence-electron chi connectivity index (χ4n) is 2.88. The molecule has 3 rings (SSSR count). The highest BCUT2D eigenvalue weighted by Crippen LogP contribution is 2.42. The highest BCUT2D eigenvalue weighted by Gasteiger charge is 2.20. The highest BCUT2D eigenvalue weighted by atomic mass is 79.9. The zero-order valence-electron chi connectivity index (χ0n) is 14.0. The van der Waals surface area contributed by atoms with Crippen LogP contribution in [-0.4, -0.2) is 40.2 Å². The van der Waals surface area contributed by atoms with E-state index >= 15 is 0 Å². The topological polar surface area (TPSA) is 117 Å². The third kappa shape index (κ3) is 4.51. The molecular formula is C17H17BrNO6PS. The van der Waals surface area contributed by atoms with Crippen LogP contribution in [0.25, 0.3) is 16.6 Å². The monoisotopic (exact) mass is 473 g/mol. The van der Waals surface area contributed by atoms with Crippen molar-refractivity contribution in [2.75, 3.05) is 12.4 Å². The van der Waals surface area contributed by atoms with Crippen LogP contribution in [0.5, 0.6) is 0 Å². The Bertz CT molecular complexity index is 1130. The van der Waals surface area contributed by atoms with Gasteiger partial charge in [-0.2, -0.15) is 0 Å². The Balaban J connectivity index is 2.10. The van der Waals surface area contributed by atoms with Crippen LogP contribution in [0.2, 0.25) is 0 Å². The normalized spacial score (nSPS) is 12.6. The number of aromatic nitrogens is 1. The second-order valence-corrected chi connectivity index (χ2v) is 10.7. The smallest absolute Gasteiger partial charge is 0.329 e. The molecule has 0 atom stereocenters. The number of hydrogen-bond acceptors (Lipinski definition) is 4. The third-order valence-corrected chi connectivity index (χ3v) is 7.02. The molecule has 3 N–H and O–H groups in total. The molecule has 0 amide bonds. The predicted octanol–water partition coefficient (Wildman–Crippen LogP) is 2.84. The quantitative estimate of drug-likeness (QED) is 0.474. The molecular weight excluding hydrogens is 457 g/mol. The van der Waals surface area contributed by atoms with Gasteiger partial charge < -0.3 is 19.5 Å². The number of sulfone groups is 1. The molecule has 0 fully saturated rings. The summed E-state index contributed by atoms with van der Waals surface area (Å²) in [5.41, 5.74) is 1.89. The van der Waals surface area contributed by atoms with Crippen LogP contribution in [0.4, 0.5) is 0 Å². The highest BCUT2D eigenvalue weighted by molar-refractivity contribution is 9.10. The van der Waals surface area contributed by atoms with Crippen LogP contribution in [0.15, 0.2) is 58.0 Å². The third-order valence-electron chi connectivity index (χ3n) is 4.06. The van der Waals surface area contributed by atoms with Gasteiger partial charge in [-0.3, -0.25) is 4.57 Å². The van der Waals surface area contributed by atoms with Crippen molar-refractivity contribution in [2.24, 2.45) is 0 Å². The molecule has 27 heavy (non-hydrogen) atoms. The first-order valence-electron chi connectivity index (χ1n) is 7.89. The maximum absolute atomic E-state index is 12.0. The molecule has 144 valence electrons. The Kier molecular flexibility index (Phi) is 5.63. The summed E-state index contributed by atoms with van der Waals surface area (Å²) in [4.78, 5) is 18.8. The summed E-state index contributed by atoms with van der Waals surface area (Å²) in [6.07, 6.45) is 1.25. The minimum atomic E-state index is -4.25. The lowest BCUT2D eigenvalue weighted by Crippen LogP contribution is -2.10. The van der Waals surface area contributed by atoms with E-state index in [1.54, 1.807) is 29.0 Å². The van der Waals surface area contributed by atoms with Crippen molar-refractivity contribution in [3.8, 4) is 5.69 Å². The van der Waals surface area contributed by atoms with E-state index in [2.05, 4.69) is 15.9 Å². The van der Waals surface area contributed by atoms with Crippen LogP contribution in [0, 0.1) is 0 Å². The summed E-state index contributed by atoms with van der Waals surface area (Å²) in [6.45, 7) is -0.451. The molecule has 7 nitrogen and oxygen atoms in total. The summed E-state index contributed by atoms with van der Waals surface area (Å²) < 4.78 is 38.1. The second-order valence-electron chi connectivity index (χ2n) is 6.04. The average Bonchev–Trinajstić information content (AvgIpc) is 2.91. The van der Waals surface area contributed by atoms with E-state index in [9.17, 15) is 22.8 Å². The lowest BCUT2D eigenvalue weighted by molar-refractivity contribution is 0.319. The lowest BCUT2D eigenvalue weighted by atomic mass is 10.2. The van der Waals surface area contributed by atoms with Gasteiger partial charge in [-0.25, -0.2) is 8.42 Å². The molecule has 10 heteroatoms. The predicted molar refractivity (Wildman–Crippen MR) is 106 cm³/mol. The van der Waals surface area contributed by atoms with E-state index in [0.29, 0.717) is 16.6 Å². The van der Waals surface area contributed by atoms with Gasteiger partial charge in [-0.1, -0.05) is 15.9 Å². The minimum Gasteiger partial charge on any atom is -0.395 e. The second kappa shape index (κ2) is 7.50. The van der Waals surface area contributed by atoms with Crippen LogP contribution < -0.4 is 0 Å². The molecule has 0 saturated heterocycles. The zero-order chi connectivity index (χ0) is 19.8. The number of nitrogens with zero attached hydrogens (tertiary/aromatic N) is 1. The van der Waals surface area contributed by atoms with E-state index in [1.165, 1.54) is 12.1 Å². The lowest BCUT2D eigenvalue weighted by Gasteiger charge is -2.08. The summed E-state index contributed by atoms with van der Waals surface area (Å²) in [5, 5.41) is 9.58. The number of aliphatic hydroxyl groups is 1. The molecule has 0 bridgehead atoms. The Morgan fingerprint density at radius 1 is 1.07 bits per heavy atom. The van der Waals surface area contributed by atoms with Crippen LogP contribution in [0.3, 0.4) is 0 Å². The van der Waals surface area contributed by atoms with Gasteiger partial charge in [-0.15, -0.1) is 0 Å². The number of rotatable bonds is 6. The number of benzene rings is 2. The van der Waals surface area contributed by atoms with Crippen molar-refractivity contribution in [3.63, 3.8) is 0 Å². The van der Waals surface area contributed by atoms with Crippen molar-refractivity contribution in [2.45, 2.75) is 11.1 Å². The maximum Gasteiger partial charge on any atom is 0.329 e. The van der Waals surface area contributed by atoms with Gasteiger partial charge >= 0.3 is 7.60 Å². The van der Waals surface area contributed by atoms with E-state index in [0.717, 1.165) is 9.99 Å². The average molecular weight is 474 g/mol. The van der Waals surface area contributed by atoms with E-state index in [1.807, 2.05) is 12.1 Å². The summed E-state index contributed by atoms with van der Waals surface area (Å²) in [5.74, 6) is -0.348. The van der Waals surface area contributed by atoms with Crippen LogP contribution >= 0.6 is 23.5 Å². The molecule has 1 heterocycles. The zero-order valence-corrected chi connectivity index (χ0v) is 17.3. The summed E-state index contributed by atoms with van der Waals surface area (Å²) >= 11 is 3.37. The molecule has 1 aromatic heterocycles. The van der Waals surface area contributed by atoms with Crippen molar-refractivity contribution >= 4 is 44.3 Å². The first-order valence-corrected chi connectivity index (χ1v) is 12.1. The van der Waals surface area contributed by atoms with Gasteiger partial charge in [0.25, 0.3) is 0 Å². The van der Waals surface area contributed by atoms with Gasteiger partial charge in [0.15, 0.2) is 9.84 Å². The van der Waals surface area contributed by atoms with E-state index in [4.69, 9.17) is 5.11 Å².